The summed E-state index contributed by atoms with van der Waals surface area (Å²) in [5.41, 5.74) is 1.12. The second-order valence-electron chi connectivity index (χ2n) is 3.96. The van der Waals surface area contributed by atoms with Crippen LogP contribution in [-0.2, 0) is 0 Å². The molecule has 0 radical (unpaired) electrons. The molecule has 4 nitrogen and oxygen atoms in total. The highest BCUT2D eigenvalue weighted by molar-refractivity contribution is 9.10. The Hall–Kier alpha value is -1.14. The highest BCUT2D eigenvalue weighted by Crippen LogP contribution is 2.42. The van der Waals surface area contributed by atoms with E-state index in [4.69, 9.17) is 12.2 Å². The van der Waals surface area contributed by atoms with Gasteiger partial charge < -0.3 is 4.98 Å². The minimum absolute atomic E-state index is 0.563. The zero-order chi connectivity index (χ0) is 11.8. The Kier molecular flexibility index (Phi) is 2.76. The molecule has 0 saturated heterocycles. The third-order valence-corrected chi connectivity index (χ3v) is 4.01. The van der Waals surface area contributed by atoms with Crippen molar-refractivity contribution in [2.45, 2.75) is 18.8 Å². The van der Waals surface area contributed by atoms with Crippen molar-refractivity contribution in [1.29, 1.82) is 0 Å². The number of aromatic amines is 1. The number of aromatic nitrogens is 4. The Morgan fingerprint density at radius 1 is 1.29 bits per heavy atom. The van der Waals surface area contributed by atoms with Crippen LogP contribution < -0.4 is 0 Å². The van der Waals surface area contributed by atoms with Crippen LogP contribution in [0, 0.1) is 4.64 Å². The van der Waals surface area contributed by atoms with Gasteiger partial charge in [-0.3, -0.25) is 0 Å². The molecule has 0 aliphatic heterocycles. The minimum Gasteiger partial charge on any atom is -0.339 e. The highest BCUT2D eigenvalue weighted by atomic mass is 79.9. The summed E-state index contributed by atoms with van der Waals surface area (Å²) < 4.78 is 1.46. The number of rotatable bonds is 2. The lowest BCUT2D eigenvalue weighted by Gasteiger charge is -2.06. The third-order valence-electron chi connectivity index (χ3n) is 2.65. The molecule has 1 saturated carbocycles. The lowest BCUT2D eigenvalue weighted by atomic mass is 10.3. The number of hydrogen-bond acceptors (Lipinski definition) is 4. The maximum absolute atomic E-state index is 5.24. The van der Waals surface area contributed by atoms with Gasteiger partial charge >= 0.3 is 0 Å². The van der Waals surface area contributed by atoms with E-state index in [1.165, 1.54) is 12.8 Å². The molecule has 2 aromatic heterocycles. The van der Waals surface area contributed by atoms with Gasteiger partial charge in [0, 0.05) is 24.0 Å². The smallest absolute Gasteiger partial charge is 0.195 e. The van der Waals surface area contributed by atoms with Crippen molar-refractivity contribution >= 4 is 28.1 Å². The van der Waals surface area contributed by atoms with Crippen molar-refractivity contribution in [2.24, 2.45) is 0 Å². The average molecular weight is 309 g/mol. The van der Waals surface area contributed by atoms with E-state index in [2.05, 4.69) is 35.9 Å². The van der Waals surface area contributed by atoms with Gasteiger partial charge in [0.2, 0.25) is 0 Å². The summed E-state index contributed by atoms with van der Waals surface area (Å²) in [5, 5.41) is 0. The zero-order valence-electron chi connectivity index (χ0n) is 8.85. The molecule has 0 aromatic carbocycles. The Balaban J connectivity index is 2.15. The molecule has 0 spiro atoms. The van der Waals surface area contributed by atoms with Crippen molar-refractivity contribution < 1.29 is 0 Å². The molecule has 2 heterocycles. The van der Waals surface area contributed by atoms with Crippen molar-refractivity contribution in [3.05, 3.63) is 33.3 Å². The summed E-state index contributed by atoms with van der Waals surface area (Å²) in [7, 11) is 0. The van der Waals surface area contributed by atoms with Crippen LogP contribution in [0.3, 0.4) is 0 Å². The van der Waals surface area contributed by atoms with E-state index in [1.807, 2.05) is 0 Å². The predicted octanol–water partition coefficient (Wildman–Crippen LogP) is 3.24. The van der Waals surface area contributed by atoms with Crippen LogP contribution >= 0.6 is 28.1 Å². The Morgan fingerprint density at radius 3 is 2.65 bits per heavy atom. The normalized spacial score (nSPS) is 14.9. The molecule has 6 heteroatoms. The first kappa shape index (κ1) is 11.0. The Morgan fingerprint density at radius 2 is 2.00 bits per heavy atom. The summed E-state index contributed by atoms with van der Waals surface area (Å²) in [5.74, 6) is 1.78. The van der Waals surface area contributed by atoms with E-state index in [1.54, 1.807) is 18.5 Å². The van der Waals surface area contributed by atoms with Crippen LogP contribution in [0.25, 0.3) is 11.6 Å². The predicted molar refractivity (Wildman–Crippen MR) is 70.1 cm³/mol. The van der Waals surface area contributed by atoms with E-state index in [0.29, 0.717) is 22.2 Å². The van der Waals surface area contributed by atoms with Gasteiger partial charge in [-0.05, 0) is 34.8 Å². The van der Waals surface area contributed by atoms with Gasteiger partial charge in [0.05, 0.1) is 4.47 Å². The highest BCUT2D eigenvalue weighted by Gasteiger charge is 2.27. The van der Waals surface area contributed by atoms with Gasteiger partial charge in [0.15, 0.2) is 11.6 Å². The van der Waals surface area contributed by atoms with Crippen molar-refractivity contribution in [2.75, 3.05) is 0 Å². The first-order valence-electron chi connectivity index (χ1n) is 5.33. The topological polar surface area (TPSA) is 54.5 Å². The standard InChI is InChI=1S/C11H9BrN4S/c12-7-8(6-2-3-6)15-10(16-11(7)17)9-13-4-1-5-14-9/h1,4-6H,2-3H2,(H,15,16,17). The molecule has 0 amide bonds. The molecule has 0 atom stereocenters. The maximum Gasteiger partial charge on any atom is 0.195 e. The van der Waals surface area contributed by atoms with E-state index >= 15 is 0 Å². The van der Waals surface area contributed by atoms with Crippen LogP contribution in [0.2, 0.25) is 0 Å². The number of H-pyrrole nitrogens is 1. The molecule has 0 unspecified atom stereocenters. The molecule has 1 N–H and O–H groups in total. The zero-order valence-corrected chi connectivity index (χ0v) is 11.3. The molecule has 1 aliphatic carbocycles. The van der Waals surface area contributed by atoms with Crippen LogP contribution in [-0.4, -0.2) is 19.9 Å². The molecular formula is C11H9BrN4S. The fourth-order valence-electron chi connectivity index (χ4n) is 1.66. The quantitative estimate of drug-likeness (QED) is 0.865. The minimum atomic E-state index is 0.563. The average Bonchev–Trinajstić information content (AvgIpc) is 3.18. The van der Waals surface area contributed by atoms with Gasteiger partial charge in [-0.15, -0.1) is 0 Å². The fourth-order valence-corrected chi connectivity index (χ4v) is 2.37. The maximum atomic E-state index is 5.24. The SMILES string of the molecule is S=c1nc(-c2ncccn2)[nH]c(C2CC2)c1Br. The monoisotopic (exact) mass is 308 g/mol. The van der Waals surface area contributed by atoms with Crippen LogP contribution in [0.15, 0.2) is 22.9 Å². The van der Waals surface area contributed by atoms with E-state index in [0.717, 1.165) is 10.2 Å². The Bertz CT molecular complexity index is 607. The van der Waals surface area contributed by atoms with E-state index in [-0.39, 0.29) is 0 Å². The molecular weight excluding hydrogens is 300 g/mol. The molecule has 3 rings (SSSR count). The summed E-state index contributed by atoms with van der Waals surface area (Å²) in [6.45, 7) is 0. The molecule has 2 aromatic rings. The molecule has 17 heavy (non-hydrogen) atoms. The summed E-state index contributed by atoms with van der Waals surface area (Å²) in [4.78, 5) is 15.9. The van der Waals surface area contributed by atoms with Crippen LogP contribution in [0.4, 0.5) is 0 Å². The summed E-state index contributed by atoms with van der Waals surface area (Å²) in [6.07, 6.45) is 5.78. The first-order valence-corrected chi connectivity index (χ1v) is 6.53. The van der Waals surface area contributed by atoms with E-state index in [9.17, 15) is 0 Å². The van der Waals surface area contributed by atoms with Gasteiger partial charge in [-0.25, -0.2) is 15.0 Å². The van der Waals surface area contributed by atoms with Crippen LogP contribution in [0.1, 0.15) is 24.5 Å². The van der Waals surface area contributed by atoms with Gasteiger partial charge in [-0.2, -0.15) is 0 Å². The first-order chi connectivity index (χ1) is 8.25. The molecule has 0 bridgehead atoms. The molecule has 86 valence electrons. The second kappa shape index (κ2) is 4.27. The van der Waals surface area contributed by atoms with E-state index < -0.39 is 0 Å². The number of nitrogens with zero attached hydrogens (tertiary/aromatic N) is 3. The van der Waals surface area contributed by atoms with Gasteiger partial charge in [0.1, 0.15) is 4.64 Å². The Labute approximate surface area is 112 Å². The summed E-state index contributed by atoms with van der Waals surface area (Å²) >= 11 is 8.73. The number of halogens is 1. The number of hydrogen-bond donors (Lipinski definition) is 1. The lowest BCUT2D eigenvalue weighted by Crippen LogP contribution is -1.99. The molecule has 1 aliphatic rings. The fraction of sp³-hybridized carbons (Fsp3) is 0.273. The van der Waals surface area contributed by atoms with Gasteiger partial charge in [0.25, 0.3) is 0 Å². The molecule has 1 fully saturated rings. The van der Waals surface area contributed by atoms with Gasteiger partial charge in [-0.1, -0.05) is 12.2 Å². The largest absolute Gasteiger partial charge is 0.339 e. The second-order valence-corrected chi connectivity index (χ2v) is 5.14. The van der Waals surface area contributed by atoms with Crippen molar-refractivity contribution in [3.8, 4) is 11.6 Å². The lowest BCUT2D eigenvalue weighted by molar-refractivity contribution is 0.955. The third kappa shape index (κ3) is 2.14. The van der Waals surface area contributed by atoms with Crippen LogP contribution in [0.5, 0.6) is 0 Å². The summed E-state index contributed by atoms with van der Waals surface area (Å²) in [6, 6.07) is 1.78. The number of nitrogens with one attached hydrogen (secondary N) is 1. The van der Waals surface area contributed by atoms with Crippen molar-refractivity contribution in [3.63, 3.8) is 0 Å². The van der Waals surface area contributed by atoms with Crippen molar-refractivity contribution in [1.82, 2.24) is 19.9 Å².